The van der Waals surface area contributed by atoms with Crippen molar-refractivity contribution in [3.63, 3.8) is 0 Å². The third-order valence-electron chi connectivity index (χ3n) is 8.45. The summed E-state index contributed by atoms with van der Waals surface area (Å²) in [5, 5.41) is 27.3. The van der Waals surface area contributed by atoms with Gasteiger partial charge < -0.3 is 15.5 Å². The number of nitrogens with two attached hydrogens (primary N) is 1. The van der Waals surface area contributed by atoms with Crippen LogP contribution in [0.25, 0.3) is 0 Å². The molecule has 2 aromatic rings. The highest BCUT2D eigenvalue weighted by molar-refractivity contribution is 7.89. The van der Waals surface area contributed by atoms with Crippen molar-refractivity contribution in [3.8, 4) is 0 Å². The SMILES string of the molecule is CCN(CC)C(=O)[C@@H]1CCCN(c2ccc([N+](=O)[O-])cc2/C=N\Nc2ccc([N+](=O)[O-])cc2S(=O)(=O)N2CCC(C(N)=O)CC2)C1. The predicted octanol–water partition coefficient (Wildman–Crippen LogP) is 2.92. The van der Waals surface area contributed by atoms with Gasteiger partial charge in [-0.15, -0.1) is 0 Å². The van der Waals surface area contributed by atoms with E-state index in [4.69, 9.17) is 5.73 Å². The third kappa shape index (κ3) is 7.59. The maximum Gasteiger partial charge on any atom is 0.270 e. The first-order chi connectivity index (χ1) is 21.9. The molecule has 17 heteroatoms. The number of hydrogen-bond donors (Lipinski definition) is 2. The van der Waals surface area contributed by atoms with Crippen molar-refractivity contribution in [1.29, 1.82) is 0 Å². The van der Waals surface area contributed by atoms with Crippen LogP contribution in [0.5, 0.6) is 0 Å². The molecule has 2 heterocycles. The molecule has 2 aromatic carbocycles. The van der Waals surface area contributed by atoms with E-state index in [0.29, 0.717) is 37.4 Å². The predicted molar refractivity (Wildman–Crippen MR) is 171 cm³/mol. The number of nitro groups is 2. The molecule has 4 rings (SSSR count). The molecule has 3 N–H and O–H groups in total. The highest BCUT2D eigenvalue weighted by Gasteiger charge is 2.34. The molecule has 2 aliphatic heterocycles. The van der Waals surface area contributed by atoms with Crippen LogP contribution in [0.1, 0.15) is 45.1 Å². The first-order valence-electron chi connectivity index (χ1n) is 15.1. The van der Waals surface area contributed by atoms with Gasteiger partial charge in [-0.05, 0) is 51.7 Å². The third-order valence-corrected chi connectivity index (χ3v) is 10.4. The number of hydrogen-bond acceptors (Lipinski definition) is 11. The van der Waals surface area contributed by atoms with Gasteiger partial charge in [0, 0.05) is 80.7 Å². The normalized spacial score (nSPS) is 18.0. The zero-order valence-electron chi connectivity index (χ0n) is 25.7. The van der Waals surface area contributed by atoms with E-state index < -0.39 is 37.4 Å². The van der Waals surface area contributed by atoms with Gasteiger partial charge in [0.25, 0.3) is 11.4 Å². The average Bonchev–Trinajstić information content (AvgIpc) is 3.05. The molecule has 16 nitrogen and oxygen atoms in total. The van der Waals surface area contributed by atoms with Crippen LogP contribution in [0, 0.1) is 32.1 Å². The van der Waals surface area contributed by atoms with Crippen molar-refractivity contribution in [2.45, 2.75) is 44.4 Å². The molecule has 2 fully saturated rings. The fourth-order valence-corrected chi connectivity index (χ4v) is 7.49. The number of anilines is 2. The second kappa shape index (κ2) is 14.6. The van der Waals surface area contributed by atoms with Crippen LogP contribution in [0.3, 0.4) is 0 Å². The molecule has 0 unspecified atom stereocenters. The van der Waals surface area contributed by atoms with Crippen molar-refractivity contribution in [3.05, 3.63) is 62.2 Å². The maximum absolute atomic E-state index is 13.6. The van der Waals surface area contributed by atoms with Crippen molar-refractivity contribution in [2.24, 2.45) is 22.7 Å². The van der Waals surface area contributed by atoms with E-state index in [1.807, 2.05) is 18.7 Å². The van der Waals surface area contributed by atoms with Gasteiger partial charge in [-0.3, -0.25) is 35.2 Å². The first-order valence-corrected chi connectivity index (χ1v) is 16.5. The maximum atomic E-state index is 13.6. The van der Waals surface area contributed by atoms with E-state index in [2.05, 4.69) is 10.5 Å². The number of nitrogens with one attached hydrogen (secondary N) is 1. The Morgan fingerprint density at radius 3 is 2.24 bits per heavy atom. The molecule has 0 aromatic heterocycles. The van der Waals surface area contributed by atoms with E-state index in [-0.39, 0.29) is 54.0 Å². The fourth-order valence-electron chi connectivity index (χ4n) is 5.86. The zero-order chi connectivity index (χ0) is 33.6. The Hall–Kier alpha value is -4.64. The Bertz CT molecular complexity index is 1620. The van der Waals surface area contributed by atoms with Gasteiger partial charge in [0.1, 0.15) is 4.90 Å². The number of carbonyl (C=O) groups is 2. The Morgan fingerprint density at radius 1 is 1.00 bits per heavy atom. The van der Waals surface area contributed by atoms with Crippen LogP contribution in [0.4, 0.5) is 22.7 Å². The Balaban J connectivity index is 1.64. The number of carbonyl (C=O) groups excluding carboxylic acids is 2. The number of nitro benzene ring substituents is 2. The molecule has 0 spiro atoms. The molecule has 2 saturated heterocycles. The van der Waals surface area contributed by atoms with Crippen LogP contribution in [-0.2, 0) is 19.6 Å². The van der Waals surface area contributed by atoms with Gasteiger partial charge in [0.2, 0.25) is 21.8 Å². The topological polar surface area (TPSA) is 215 Å². The van der Waals surface area contributed by atoms with E-state index in [0.717, 1.165) is 29.3 Å². The molecule has 1 atom stereocenters. The van der Waals surface area contributed by atoms with Crippen LogP contribution < -0.4 is 16.1 Å². The Morgan fingerprint density at radius 2 is 1.63 bits per heavy atom. The van der Waals surface area contributed by atoms with Gasteiger partial charge in [-0.1, -0.05) is 0 Å². The number of sulfonamides is 1. The molecule has 248 valence electrons. The van der Waals surface area contributed by atoms with Crippen molar-refractivity contribution < 1.29 is 27.9 Å². The zero-order valence-corrected chi connectivity index (χ0v) is 26.5. The molecule has 0 aliphatic carbocycles. The highest BCUT2D eigenvalue weighted by Crippen LogP contribution is 2.33. The number of amides is 2. The van der Waals surface area contributed by atoms with E-state index in [1.165, 1.54) is 24.4 Å². The minimum absolute atomic E-state index is 0.00594. The standard InChI is InChI=1S/C29H38N8O8S/c1-3-33(4-2)29(39)21-6-5-13-34(19-21)26-10-8-23(36(40)41)16-22(26)18-31-32-25-9-7-24(37(42)43)17-27(25)46(44,45)35-14-11-20(12-15-35)28(30)38/h7-10,16-18,20-21,32H,3-6,11-15,19H2,1-2H3,(H2,30,38)/b31-18-/t21-/m1/s1. The lowest BCUT2D eigenvalue weighted by molar-refractivity contribution is -0.385. The molecule has 2 amide bonds. The number of primary amides is 1. The van der Waals surface area contributed by atoms with E-state index in [1.54, 1.807) is 11.0 Å². The number of nitrogens with zero attached hydrogens (tertiary/aromatic N) is 6. The molecule has 2 aliphatic rings. The average molecular weight is 659 g/mol. The van der Waals surface area contributed by atoms with Gasteiger partial charge in [-0.2, -0.15) is 9.41 Å². The molecular weight excluding hydrogens is 620 g/mol. The molecular formula is C29H38N8O8S. The number of benzene rings is 2. The second-order valence-electron chi connectivity index (χ2n) is 11.2. The summed E-state index contributed by atoms with van der Waals surface area (Å²) in [6, 6.07) is 7.61. The van der Waals surface area contributed by atoms with Crippen LogP contribution in [0.15, 0.2) is 46.4 Å². The summed E-state index contributed by atoms with van der Waals surface area (Å²) in [5.41, 5.74) is 8.32. The summed E-state index contributed by atoms with van der Waals surface area (Å²) in [7, 11) is -4.26. The number of hydrazone groups is 1. The summed E-state index contributed by atoms with van der Waals surface area (Å²) in [6.45, 7) is 6.08. The van der Waals surface area contributed by atoms with Crippen LogP contribution in [0.2, 0.25) is 0 Å². The lowest BCUT2D eigenvalue weighted by atomic mass is 9.95. The molecule has 46 heavy (non-hydrogen) atoms. The van der Waals surface area contributed by atoms with Crippen molar-refractivity contribution >= 4 is 50.8 Å². The summed E-state index contributed by atoms with van der Waals surface area (Å²) in [5.74, 6) is -1.17. The Kier molecular flexibility index (Phi) is 10.9. The minimum atomic E-state index is -4.26. The van der Waals surface area contributed by atoms with Crippen LogP contribution >= 0.6 is 0 Å². The Labute approximate surface area is 266 Å². The smallest absolute Gasteiger partial charge is 0.270 e. The van der Waals surface area contributed by atoms with Crippen molar-refractivity contribution in [2.75, 3.05) is 49.6 Å². The summed E-state index contributed by atoms with van der Waals surface area (Å²) < 4.78 is 28.4. The second-order valence-corrected chi connectivity index (χ2v) is 13.1. The van der Waals surface area contributed by atoms with Gasteiger partial charge in [0.15, 0.2) is 0 Å². The first kappa shape index (κ1) is 34.2. The lowest BCUT2D eigenvalue weighted by Crippen LogP contribution is -2.45. The monoisotopic (exact) mass is 658 g/mol. The minimum Gasteiger partial charge on any atom is -0.370 e. The van der Waals surface area contributed by atoms with Crippen molar-refractivity contribution in [1.82, 2.24) is 9.21 Å². The fraction of sp³-hybridized carbons (Fsp3) is 0.483. The molecule has 0 radical (unpaired) electrons. The highest BCUT2D eigenvalue weighted by atomic mass is 32.2. The largest absolute Gasteiger partial charge is 0.370 e. The van der Waals surface area contributed by atoms with E-state index >= 15 is 0 Å². The molecule has 0 saturated carbocycles. The van der Waals surface area contributed by atoms with Crippen LogP contribution in [-0.4, -0.2) is 84.8 Å². The van der Waals surface area contributed by atoms with Gasteiger partial charge >= 0.3 is 0 Å². The quantitative estimate of drug-likeness (QED) is 0.193. The van der Waals surface area contributed by atoms with E-state index in [9.17, 15) is 38.2 Å². The number of piperidine rings is 2. The lowest BCUT2D eigenvalue weighted by Gasteiger charge is -2.36. The van der Waals surface area contributed by atoms with Gasteiger partial charge in [0.05, 0.1) is 27.7 Å². The number of rotatable bonds is 12. The molecule has 0 bridgehead atoms. The summed E-state index contributed by atoms with van der Waals surface area (Å²) in [4.78, 5) is 49.9. The van der Waals surface area contributed by atoms with Gasteiger partial charge in [-0.25, -0.2) is 8.42 Å². The summed E-state index contributed by atoms with van der Waals surface area (Å²) >= 11 is 0. The summed E-state index contributed by atoms with van der Waals surface area (Å²) in [6.07, 6.45) is 3.22. The number of non-ortho nitro benzene ring substituents is 2.